The Morgan fingerprint density at radius 1 is 1.11 bits per heavy atom. The van der Waals surface area contributed by atoms with Crippen LogP contribution in [0.4, 0.5) is 5.69 Å². The summed E-state index contributed by atoms with van der Waals surface area (Å²) in [5.41, 5.74) is 2.29. The van der Waals surface area contributed by atoms with Crippen LogP contribution in [-0.4, -0.2) is 7.11 Å². The molecule has 94 valence electrons. The minimum atomic E-state index is 0.790. The molecule has 18 heavy (non-hydrogen) atoms. The summed E-state index contributed by atoms with van der Waals surface area (Å²) in [7, 11) is 1.66. The third-order valence-corrected chi connectivity index (χ3v) is 3.65. The molecule has 0 unspecified atom stereocenters. The molecule has 0 atom stereocenters. The number of ether oxygens (including phenoxy) is 1. The molecular formula is C14H13Br2NO. The van der Waals surface area contributed by atoms with Gasteiger partial charge in [0.1, 0.15) is 5.75 Å². The van der Waals surface area contributed by atoms with Crippen molar-refractivity contribution in [3.05, 3.63) is 57.0 Å². The Kier molecular flexibility index (Phi) is 4.66. The standard InChI is InChI=1S/C14H13Br2NO/c1-18-14-6-5-12(8-13(14)16)17-9-10-3-2-4-11(15)7-10/h2-8,17H,9H2,1H3. The highest BCUT2D eigenvalue weighted by Crippen LogP contribution is 2.27. The van der Waals surface area contributed by atoms with Gasteiger partial charge < -0.3 is 10.1 Å². The summed E-state index contributed by atoms with van der Waals surface area (Å²) in [6, 6.07) is 14.2. The number of rotatable bonds is 4. The van der Waals surface area contributed by atoms with Crippen LogP contribution in [0.25, 0.3) is 0 Å². The summed E-state index contributed by atoms with van der Waals surface area (Å²) < 4.78 is 7.24. The normalized spacial score (nSPS) is 10.2. The second-order valence-corrected chi connectivity index (χ2v) is 5.60. The summed E-state index contributed by atoms with van der Waals surface area (Å²) in [6.07, 6.45) is 0. The van der Waals surface area contributed by atoms with Gasteiger partial charge in [-0.25, -0.2) is 0 Å². The van der Waals surface area contributed by atoms with Crippen LogP contribution < -0.4 is 10.1 Å². The van der Waals surface area contributed by atoms with Crippen LogP contribution in [-0.2, 0) is 6.54 Å². The van der Waals surface area contributed by atoms with Crippen LogP contribution in [0.3, 0.4) is 0 Å². The third-order valence-electron chi connectivity index (χ3n) is 2.54. The van der Waals surface area contributed by atoms with E-state index < -0.39 is 0 Å². The molecule has 2 rings (SSSR count). The first-order valence-corrected chi connectivity index (χ1v) is 7.09. The van der Waals surface area contributed by atoms with Crippen molar-refractivity contribution in [3.8, 4) is 5.75 Å². The molecule has 0 saturated heterocycles. The van der Waals surface area contributed by atoms with Crippen molar-refractivity contribution in [2.45, 2.75) is 6.54 Å². The average molecular weight is 371 g/mol. The van der Waals surface area contributed by atoms with Gasteiger partial charge in [0.25, 0.3) is 0 Å². The maximum Gasteiger partial charge on any atom is 0.133 e. The molecule has 0 radical (unpaired) electrons. The largest absolute Gasteiger partial charge is 0.496 e. The van der Waals surface area contributed by atoms with E-state index >= 15 is 0 Å². The van der Waals surface area contributed by atoms with Crippen molar-refractivity contribution in [2.75, 3.05) is 12.4 Å². The maximum atomic E-state index is 5.20. The molecule has 0 bridgehead atoms. The van der Waals surface area contributed by atoms with Crippen LogP contribution in [0.1, 0.15) is 5.56 Å². The van der Waals surface area contributed by atoms with Crippen LogP contribution in [0.2, 0.25) is 0 Å². The summed E-state index contributed by atoms with van der Waals surface area (Å²) >= 11 is 6.94. The van der Waals surface area contributed by atoms with E-state index in [0.717, 1.165) is 26.9 Å². The first-order chi connectivity index (χ1) is 8.69. The Hall–Kier alpha value is -1.000. The number of methoxy groups -OCH3 is 1. The second kappa shape index (κ2) is 6.25. The third kappa shape index (κ3) is 3.50. The molecule has 2 aromatic carbocycles. The van der Waals surface area contributed by atoms with Crippen molar-refractivity contribution in [2.24, 2.45) is 0 Å². The molecular weight excluding hydrogens is 358 g/mol. The Bertz CT molecular complexity index is 543. The summed E-state index contributed by atoms with van der Waals surface area (Å²) in [5.74, 6) is 0.836. The van der Waals surface area contributed by atoms with E-state index in [2.05, 4.69) is 49.3 Å². The fourth-order valence-corrected chi connectivity index (χ4v) is 2.61. The zero-order valence-electron chi connectivity index (χ0n) is 9.91. The van der Waals surface area contributed by atoms with E-state index in [9.17, 15) is 0 Å². The number of hydrogen-bond acceptors (Lipinski definition) is 2. The molecule has 0 heterocycles. The first kappa shape index (κ1) is 13.4. The smallest absolute Gasteiger partial charge is 0.133 e. The Morgan fingerprint density at radius 3 is 2.61 bits per heavy atom. The van der Waals surface area contributed by atoms with Crippen molar-refractivity contribution in [3.63, 3.8) is 0 Å². The molecule has 2 aromatic rings. The highest BCUT2D eigenvalue weighted by molar-refractivity contribution is 9.10. The lowest BCUT2D eigenvalue weighted by molar-refractivity contribution is 0.412. The van der Waals surface area contributed by atoms with Gasteiger partial charge in [-0.05, 0) is 51.8 Å². The van der Waals surface area contributed by atoms with Gasteiger partial charge >= 0.3 is 0 Å². The number of hydrogen-bond donors (Lipinski definition) is 1. The summed E-state index contributed by atoms with van der Waals surface area (Å²) in [6.45, 7) is 0.790. The fourth-order valence-electron chi connectivity index (χ4n) is 1.63. The molecule has 0 fully saturated rings. The molecule has 0 saturated carbocycles. The molecule has 0 spiro atoms. The molecule has 0 aliphatic heterocycles. The van der Waals surface area contributed by atoms with Crippen molar-refractivity contribution in [1.29, 1.82) is 0 Å². The van der Waals surface area contributed by atoms with Crippen LogP contribution in [0, 0.1) is 0 Å². The van der Waals surface area contributed by atoms with Gasteiger partial charge in [0.15, 0.2) is 0 Å². The summed E-state index contributed by atoms with van der Waals surface area (Å²) in [5, 5.41) is 3.37. The molecule has 0 aliphatic rings. The van der Waals surface area contributed by atoms with E-state index in [0.29, 0.717) is 0 Å². The van der Waals surface area contributed by atoms with Crippen LogP contribution in [0.5, 0.6) is 5.75 Å². The van der Waals surface area contributed by atoms with Gasteiger partial charge in [0, 0.05) is 16.7 Å². The van der Waals surface area contributed by atoms with Crippen molar-refractivity contribution in [1.82, 2.24) is 0 Å². The highest BCUT2D eigenvalue weighted by Gasteiger charge is 2.01. The quantitative estimate of drug-likeness (QED) is 0.831. The number of anilines is 1. The molecule has 0 aliphatic carbocycles. The number of halogens is 2. The molecule has 4 heteroatoms. The summed E-state index contributed by atoms with van der Waals surface area (Å²) in [4.78, 5) is 0. The molecule has 2 nitrogen and oxygen atoms in total. The maximum absolute atomic E-state index is 5.20. The lowest BCUT2D eigenvalue weighted by atomic mass is 10.2. The zero-order valence-corrected chi connectivity index (χ0v) is 13.1. The zero-order chi connectivity index (χ0) is 13.0. The monoisotopic (exact) mass is 369 g/mol. The van der Waals surface area contributed by atoms with E-state index in [1.165, 1.54) is 5.56 Å². The van der Waals surface area contributed by atoms with Gasteiger partial charge in [-0.2, -0.15) is 0 Å². The van der Waals surface area contributed by atoms with Gasteiger partial charge in [-0.3, -0.25) is 0 Å². The molecule has 0 amide bonds. The number of benzene rings is 2. The Balaban J connectivity index is 2.04. The van der Waals surface area contributed by atoms with Gasteiger partial charge in [-0.15, -0.1) is 0 Å². The predicted molar refractivity (Wildman–Crippen MR) is 82.2 cm³/mol. The SMILES string of the molecule is COc1ccc(NCc2cccc(Br)c2)cc1Br. The van der Waals surface area contributed by atoms with E-state index in [4.69, 9.17) is 4.74 Å². The van der Waals surface area contributed by atoms with Gasteiger partial charge in [0.2, 0.25) is 0 Å². The average Bonchev–Trinajstić information content (AvgIpc) is 2.37. The Morgan fingerprint density at radius 2 is 1.94 bits per heavy atom. The van der Waals surface area contributed by atoms with Crippen LogP contribution >= 0.6 is 31.9 Å². The van der Waals surface area contributed by atoms with E-state index in [1.54, 1.807) is 7.11 Å². The predicted octanol–water partition coefficient (Wildman–Crippen LogP) is 4.83. The Labute approximate surface area is 124 Å². The van der Waals surface area contributed by atoms with Crippen molar-refractivity contribution < 1.29 is 4.74 Å². The first-order valence-electron chi connectivity index (χ1n) is 5.51. The van der Waals surface area contributed by atoms with Gasteiger partial charge in [-0.1, -0.05) is 28.1 Å². The number of nitrogens with one attached hydrogen (secondary N) is 1. The lowest BCUT2D eigenvalue weighted by Gasteiger charge is -2.09. The van der Waals surface area contributed by atoms with E-state index in [1.807, 2.05) is 30.3 Å². The minimum absolute atomic E-state index is 0.790. The molecule has 0 aromatic heterocycles. The van der Waals surface area contributed by atoms with E-state index in [-0.39, 0.29) is 0 Å². The van der Waals surface area contributed by atoms with Gasteiger partial charge in [0.05, 0.1) is 11.6 Å². The topological polar surface area (TPSA) is 21.3 Å². The lowest BCUT2D eigenvalue weighted by Crippen LogP contribution is -1.99. The second-order valence-electron chi connectivity index (χ2n) is 3.83. The van der Waals surface area contributed by atoms with Crippen LogP contribution in [0.15, 0.2) is 51.4 Å². The highest BCUT2D eigenvalue weighted by atomic mass is 79.9. The van der Waals surface area contributed by atoms with Crippen molar-refractivity contribution >= 4 is 37.5 Å². The molecule has 1 N–H and O–H groups in total. The fraction of sp³-hybridized carbons (Fsp3) is 0.143. The minimum Gasteiger partial charge on any atom is -0.496 e.